The third kappa shape index (κ3) is 5.62. The summed E-state index contributed by atoms with van der Waals surface area (Å²) in [6.45, 7) is 8.38. The quantitative estimate of drug-likeness (QED) is 0.495. The number of amides is 1. The zero-order valence-electron chi connectivity index (χ0n) is 21.6. The van der Waals surface area contributed by atoms with Gasteiger partial charge in [0, 0.05) is 18.7 Å². The van der Waals surface area contributed by atoms with Gasteiger partial charge in [0.25, 0.3) is 0 Å². The number of carbonyl (C=O) groups excluding carboxylic acids is 1. The largest absolute Gasteiger partial charge is 0.497 e. The van der Waals surface area contributed by atoms with Crippen LogP contribution in [0.2, 0.25) is 0 Å². The Hall–Kier alpha value is -3.43. The van der Waals surface area contributed by atoms with Gasteiger partial charge in [0.15, 0.2) is 0 Å². The average Bonchev–Trinajstić information content (AvgIpc) is 3.39. The minimum atomic E-state index is -0.294. The molecule has 0 saturated carbocycles. The number of aryl methyl sites for hydroxylation is 1. The van der Waals surface area contributed by atoms with Crippen LogP contribution in [-0.2, 0) is 6.54 Å². The number of methoxy groups -OCH3 is 1. The maximum Gasteiger partial charge on any atom is 0.311 e. The van der Waals surface area contributed by atoms with Gasteiger partial charge in [0.2, 0.25) is 5.89 Å². The molecule has 3 aromatic rings. The summed E-state index contributed by atoms with van der Waals surface area (Å²) in [6.07, 6.45) is 1.97. The van der Waals surface area contributed by atoms with Gasteiger partial charge >= 0.3 is 11.8 Å². The van der Waals surface area contributed by atoms with Gasteiger partial charge in [-0.25, -0.2) is 0 Å². The molecular formula is C28H34N4O5. The molecule has 2 saturated heterocycles. The summed E-state index contributed by atoms with van der Waals surface area (Å²) in [6, 6.07) is 13.4. The van der Waals surface area contributed by atoms with Crippen molar-refractivity contribution in [1.29, 1.82) is 0 Å². The molecule has 1 amide bonds. The minimum Gasteiger partial charge on any atom is -0.497 e. The first-order valence-electron chi connectivity index (χ1n) is 12.7. The fraction of sp³-hybridized carbons (Fsp3) is 0.464. The first kappa shape index (κ1) is 25.2. The Morgan fingerprint density at radius 1 is 1.11 bits per heavy atom. The highest BCUT2D eigenvalue weighted by Crippen LogP contribution is 2.31. The molecular weight excluding hydrogens is 472 g/mol. The fourth-order valence-corrected chi connectivity index (χ4v) is 4.74. The second-order valence-electron chi connectivity index (χ2n) is 10.4. The molecule has 0 unspecified atom stereocenters. The second kappa shape index (κ2) is 10.5. The van der Waals surface area contributed by atoms with E-state index >= 15 is 0 Å². The lowest BCUT2D eigenvalue weighted by Gasteiger charge is -2.38. The molecule has 0 atom stereocenters. The summed E-state index contributed by atoms with van der Waals surface area (Å²) in [5, 5.41) is 17.5. The molecule has 2 aromatic carbocycles. The Balaban J connectivity index is 1.11. The van der Waals surface area contributed by atoms with Crippen molar-refractivity contribution in [3.63, 3.8) is 0 Å². The van der Waals surface area contributed by atoms with Crippen molar-refractivity contribution in [3.8, 4) is 23.0 Å². The molecule has 0 radical (unpaired) electrons. The Labute approximate surface area is 217 Å². The summed E-state index contributed by atoms with van der Waals surface area (Å²) in [7, 11) is 1.60. The SMILES string of the molecule is COc1ccc(-c2nnc(C(=O)N3CC(Oc4ccc(CN5CCC(C)(CO)CC5)c(C)c4)C3)o2)cc1. The number of nitrogens with zero attached hydrogens (tertiary/aromatic N) is 4. The van der Waals surface area contributed by atoms with Crippen molar-refractivity contribution < 1.29 is 23.8 Å². The number of piperidine rings is 1. The lowest BCUT2D eigenvalue weighted by molar-refractivity contribution is 0.0149. The van der Waals surface area contributed by atoms with Gasteiger partial charge in [-0.15, -0.1) is 10.2 Å². The Morgan fingerprint density at radius 2 is 1.81 bits per heavy atom. The normalized spacial score (nSPS) is 17.9. The van der Waals surface area contributed by atoms with Gasteiger partial charge < -0.3 is 23.9 Å². The maximum absolute atomic E-state index is 12.8. The van der Waals surface area contributed by atoms with Gasteiger partial charge in [-0.05, 0) is 85.8 Å². The van der Waals surface area contributed by atoms with Crippen LogP contribution in [0, 0.1) is 12.3 Å². The first-order valence-corrected chi connectivity index (χ1v) is 12.7. The highest BCUT2D eigenvalue weighted by Gasteiger charge is 2.35. The number of aromatic nitrogens is 2. The van der Waals surface area contributed by atoms with Crippen molar-refractivity contribution in [2.24, 2.45) is 5.41 Å². The number of aliphatic hydroxyl groups is 1. The van der Waals surface area contributed by atoms with Crippen molar-refractivity contribution in [2.75, 3.05) is 39.9 Å². The monoisotopic (exact) mass is 506 g/mol. The smallest absolute Gasteiger partial charge is 0.311 e. The zero-order valence-corrected chi connectivity index (χ0v) is 21.6. The lowest BCUT2D eigenvalue weighted by atomic mass is 9.81. The van der Waals surface area contributed by atoms with Crippen LogP contribution in [0.3, 0.4) is 0 Å². The van der Waals surface area contributed by atoms with E-state index in [0.29, 0.717) is 19.0 Å². The van der Waals surface area contributed by atoms with Crippen LogP contribution in [0.25, 0.3) is 11.5 Å². The van der Waals surface area contributed by atoms with Gasteiger partial charge in [-0.2, -0.15) is 0 Å². The van der Waals surface area contributed by atoms with E-state index in [1.165, 1.54) is 11.1 Å². The Bertz CT molecular complexity index is 1230. The third-order valence-electron chi connectivity index (χ3n) is 7.54. The highest BCUT2D eigenvalue weighted by molar-refractivity contribution is 5.90. The van der Waals surface area contributed by atoms with Crippen molar-refractivity contribution >= 4 is 5.91 Å². The van der Waals surface area contributed by atoms with Crippen LogP contribution in [0.1, 0.15) is 41.6 Å². The fourth-order valence-electron chi connectivity index (χ4n) is 4.74. The first-order chi connectivity index (χ1) is 17.9. The summed E-state index contributed by atoms with van der Waals surface area (Å²) in [4.78, 5) is 16.9. The number of hydrogen-bond acceptors (Lipinski definition) is 8. The predicted octanol–water partition coefficient (Wildman–Crippen LogP) is 3.55. The van der Waals surface area contributed by atoms with E-state index in [4.69, 9.17) is 13.9 Å². The van der Waals surface area contributed by atoms with Crippen LogP contribution in [0.4, 0.5) is 0 Å². The van der Waals surface area contributed by atoms with Crippen molar-refractivity contribution in [2.45, 2.75) is 39.3 Å². The van der Waals surface area contributed by atoms with Gasteiger partial charge in [-0.1, -0.05) is 13.0 Å². The van der Waals surface area contributed by atoms with E-state index in [1.807, 2.05) is 6.07 Å². The van der Waals surface area contributed by atoms with Crippen LogP contribution in [0.5, 0.6) is 11.5 Å². The number of benzene rings is 2. The number of aliphatic hydroxyl groups excluding tert-OH is 1. The van der Waals surface area contributed by atoms with Crippen LogP contribution < -0.4 is 9.47 Å². The Kier molecular flexibility index (Phi) is 7.17. The summed E-state index contributed by atoms with van der Waals surface area (Å²) < 4.78 is 16.9. The average molecular weight is 507 g/mol. The zero-order chi connectivity index (χ0) is 26.0. The molecule has 37 heavy (non-hydrogen) atoms. The maximum atomic E-state index is 12.8. The number of likely N-dealkylation sites (tertiary alicyclic amines) is 2. The van der Waals surface area contributed by atoms with E-state index in [9.17, 15) is 9.90 Å². The molecule has 1 aromatic heterocycles. The van der Waals surface area contributed by atoms with Crippen molar-refractivity contribution in [1.82, 2.24) is 20.0 Å². The van der Waals surface area contributed by atoms with Gasteiger partial charge in [0.05, 0.1) is 20.2 Å². The van der Waals surface area contributed by atoms with Crippen LogP contribution in [0.15, 0.2) is 46.9 Å². The van der Waals surface area contributed by atoms with Gasteiger partial charge in [0.1, 0.15) is 17.6 Å². The highest BCUT2D eigenvalue weighted by atomic mass is 16.5. The number of hydrogen-bond donors (Lipinski definition) is 1. The molecule has 0 bridgehead atoms. The minimum absolute atomic E-state index is 0.0264. The Morgan fingerprint density at radius 3 is 2.46 bits per heavy atom. The third-order valence-corrected chi connectivity index (χ3v) is 7.54. The summed E-state index contributed by atoms with van der Waals surface area (Å²) in [5.41, 5.74) is 3.26. The van der Waals surface area contributed by atoms with Gasteiger partial charge in [-0.3, -0.25) is 9.69 Å². The molecule has 9 nitrogen and oxygen atoms in total. The molecule has 9 heteroatoms. The molecule has 1 N–H and O–H groups in total. The number of rotatable bonds is 8. The molecule has 0 aliphatic carbocycles. The summed E-state index contributed by atoms with van der Waals surface area (Å²) in [5.74, 6) is 1.51. The predicted molar refractivity (Wildman–Crippen MR) is 137 cm³/mol. The number of ether oxygens (including phenoxy) is 2. The molecule has 2 aliphatic heterocycles. The topological polar surface area (TPSA) is 101 Å². The molecule has 196 valence electrons. The van der Waals surface area contributed by atoms with Crippen molar-refractivity contribution in [3.05, 3.63) is 59.5 Å². The van der Waals surface area contributed by atoms with Crippen LogP contribution >= 0.6 is 0 Å². The lowest BCUT2D eigenvalue weighted by Crippen LogP contribution is -2.56. The van der Waals surface area contributed by atoms with E-state index < -0.39 is 0 Å². The second-order valence-corrected chi connectivity index (χ2v) is 10.4. The van der Waals surface area contributed by atoms with E-state index in [0.717, 1.165) is 49.5 Å². The van der Waals surface area contributed by atoms with E-state index in [-0.39, 0.29) is 29.9 Å². The summed E-state index contributed by atoms with van der Waals surface area (Å²) >= 11 is 0. The molecule has 2 aliphatic rings. The number of carbonyl (C=O) groups is 1. The van der Waals surface area contributed by atoms with Crippen LogP contribution in [-0.4, -0.2) is 77.0 Å². The van der Waals surface area contributed by atoms with E-state index in [2.05, 4.69) is 41.1 Å². The standard InChI is InChI=1S/C28H34N4O5/c1-19-14-23(9-6-21(19)15-31-12-10-28(2,18-33)11-13-31)36-24-16-32(17-24)27(34)26-30-29-25(37-26)20-4-7-22(35-3)8-5-20/h4-9,14,24,33H,10-13,15-18H2,1-3H3. The molecule has 3 heterocycles. The van der Waals surface area contributed by atoms with E-state index in [1.54, 1.807) is 36.3 Å². The molecule has 2 fully saturated rings. The molecule has 0 spiro atoms. The molecule has 5 rings (SSSR count).